The molecule has 0 aliphatic heterocycles. The molecular weight excluding hydrogens is 340 g/mol. The van der Waals surface area contributed by atoms with Crippen molar-refractivity contribution in [3.63, 3.8) is 0 Å². The van der Waals surface area contributed by atoms with Crippen LogP contribution in [0.2, 0.25) is 0 Å². The van der Waals surface area contributed by atoms with E-state index in [1.165, 1.54) is 0 Å². The number of nitrogens with one attached hydrogen (secondary N) is 3. The van der Waals surface area contributed by atoms with Crippen LogP contribution in [0.1, 0.15) is 29.8 Å². The van der Waals surface area contributed by atoms with Gasteiger partial charge in [0.2, 0.25) is 5.91 Å². The number of hydrogen-bond acceptors (Lipinski definition) is 3. The molecule has 0 unspecified atom stereocenters. The first-order chi connectivity index (χ1) is 13.1. The number of carbonyl (C=O) groups excluding carboxylic acids is 1. The van der Waals surface area contributed by atoms with Crippen LogP contribution >= 0.6 is 0 Å². The number of nitrogens with zero attached hydrogens (tertiary/aromatic N) is 3. The van der Waals surface area contributed by atoms with E-state index < -0.39 is 0 Å². The number of guanidine groups is 1. The van der Waals surface area contributed by atoms with E-state index in [0.717, 1.165) is 35.5 Å². The summed E-state index contributed by atoms with van der Waals surface area (Å²) in [4.78, 5) is 15.9. The molecule has 1 amide bonds. The molecule has 0 saturated heterocycles. The normalized spacial score (nSPS) is 14.1. The van der Waals surface area contributed by atoms with Crippen molar-refractivity contribution in [2.24, 2.45) is 10.9 Å². The summed E-state index contributed by atoms with van der Waals surface area (Å²) in [5.74, 6) is 1.12. The second-order valence-electron chi connectivity index (χ2n) is 6.89. The summed E-state index contributed by atoms with van der Waals surface area (Å²) in [6.45, 7) is 5.91. The average molecular weight is 368 g/mol. The van der Waals surface area contributed by atoms with Crippen molar-refractivity contribution in [2.75, 3.05) is 20.1 Å². The molecule has 1 saturated carbocycles. The van der Waals surface area contributed by atoms with E-state index in [1.807, 2.05) is 23.7 Å². The number of aryl methyl sites for hydroxylation is 2. The van der Waals surface area contributed by atoms with Crippen molar-refractivity contribution in [1.82, 2.24) is 25.7 Å². The minimum Gasteiger partial charge on any atom is -0.355 e. The number of benzene rings is 1. The molecule has 0 atom stereocenters. The smallest absolute Gasteiger partial charge is 0.223 e. The highest BCUT2D eigenvalue weighted by Crippen LogP contribution is 2.28. The maximum absolute atomic E-state index is 11.6. The van der Waals surface area contributed by atoms with Gasteiger partial charge in [-0.1, -0.05) is 18.2 Å². The summed E-state index contributed by atoms with van der Waals surface area (Å²) in [6, 6.07) is 10.3. The van der Waals surface area contributed by atoms with Gasteiger partial charge in [-0.25, -0.2) is 4.68 Å². The fourth-order valence-electron chi connectivity index (χ4n) is 3.00. The Labute approximate surface area is 160 Å². The van der Waals surface area contributed by atoms with Crippen LogP contribution in [0.5, 0.6) is 0 Å². The van der Waals surface area contributed by atoms with Gasteiger partial charge in [0.05, 0.1) is 11.4 Å². The number of rotatable bonds is 7. The molecule has 1 heterocycles. The fraction of sp³-hybridized carbons (Fsp3) is 0.450. The molecule has 3 N–H and O–H groups in total. The first-order valence-electron chi connectivity index (χ1n) is 9.42. The van der Waals surface area contributed by atoms with Crippen molar-refractivity contribution in [2.45, 2.75) is 33.2 Å². The van der Waals surface area contributed by atoms with E-state index in [2.05, 4.69) is 51.2 Å². The third-order valence-corrected chi connectivity index (χ3v) is 4.56. The van der Waals surface area contributed by atoms with E-state index in [1.54, 1.807) is 7.05 Å². The lowest BCUT2D eigenvalue weighted by Crippen LogP contribution is -2.41. The van der Waals surface area contributed by atoms with Crippen molar-refractivity contribution in [3.05, 3.63) is 47.3 Å². The Morgan fingerprint density at radius 1 is 1.19 bits per heavy atom. The standard InChI is InChI=1S/C20H28N6O/c1-14-12-15(2)26(25-14)18-7-5-4-6-17(18)13-24-20(21-3)23-11-10-22-19(27)16-8-9-16/h4-7,12,16H,8-11,13H2,1-3H3,(H,22,27)(H2,21,23,24). The number of aliphatic imine (C=N–C) groups is 1. The minimum absolute atomic E-state index is 0.165. The predicted octanol–water partition coefficient (Wildman–Crippen LogP) is 1.68. The van der Waals surface area contributed by atoms with Gasteiger partial charge in [-0.3, -0.25) is 9.79 Å². The Bertz CT molecular complexity index is 822. The number of carbonyl (C=O) groups is 1. The largest absolute Gasteiger partial charge is 0.355 e. The highest BCUT2D eigenvalue weighted by atomic mass is 16.2. The zero-order chi connectivity index (χ0) is 19.2. The molecule has 1 aliphatic rings. The van der Waals surface area contributed by atoms with Gasteiger partial charge in [-0.2, -0.15) is 5.10 Å². The second kappa shape index (κ2) is 8.70. The molecular formula is C20H28N6O. The van der Waals surface area contributed by atoms with Gasteiger partial charge in [-0.05, 0) is 44.4 Å². The average Bonchev–Trinajstić information content (AvgIpc) is 3.46. The first-order valence-corrected chi connectivity index (χ1v) is 9.42. The molecule has 3 rings (SSSR count). The Hall–Kier alpha value is -2.83. The molecule has 0 spiro atoms. The summed E-state index contributed by atoms with van der Waals surface area (Å²) in [7, 11) is 1.74. The quantitative estimate of drug-likeness (QED) is 0.394. The van der Waals surface area contributed by atoms with Gasteiger partial charge < -0.3 is 16.0 Å². The Morgan fingerprint density at radius 2 is 1.93 bits per heavy atom. The molecule has 144 valence electrons. The monoisotopic (exact) mass is 368 g/mol. The second-order valence-corrected chi connectivity index (χ2v) is 6.89. The molecule has 1 aliphatic carbocycles. The van der Waals surface area contributed by atoms with Gasteiger partial charge in [0.25, 0.3) is 0 Å². The van der Waals surface area contributed by atoms with Crippen molar-refractivity contribution in [1.29, 1.82) is 0 Å². The highest BCUT2D eigenvalue weighted by molar-refractivity contribution is 5.81. The van der Waals surface area contributed by atoms with E-state index in [4.69, 9.17) is 0 Å². The Kier molecular flexibility index (Phi) is 6.11. The molecule has 1 aromatic carbocycles. The van der Waals surface area contributed by atoms with Crippen LogP contribution < -0.4 is 16.0 Å². The third-order valence-electron chi connectivity index (χ3n) is 4.56. The van der Waals surface area contributed by atoms with E-state index >= 15 is 0 Å². The van der Waals surface area contributed by atoms with Crippen LogP contribution in [0.15, 0.2) is 35.3 Å². The summed E-state index contributed by atoms with van der Waals surface area (Å²) in [5.41, 5.74) is 4.30. The Morgan fingerprint density at radius 3 is 2.59 bits per heavy atom. The number of aromatic nitrogens is 2. The number of amides is 1. The number of para-hydroxylation sites is 1. The van der Waals surface area contributed by atoms with E-state index in [9.17, 15) is 4.79 Å². The van der Waals surface area contributed by atoms with Crippen molar-refractivity contribution in [3.8, 4) is 5.69 Å². The topological polar surface area (TPSA) is 83.3 Å². The lowest BCUT2D eigenvalue weighted by Gasteiger charge is -2.15. The molecule has 1 aromatic heterocycles. The van der Waals surface area contributed by atoms with Gasteiger partial charge in [-0.15, -0.1) is 0 Å². The molecule has 2 aromatic rings. The summed E-state index contributed by atoms with van der Waals surface area (Å²) in [6.07, 6.45) is 2.05. The number of hydrogen-bond donors (Lipinski definition) is 3. The summed E-state index contributed by atoms with van der Waals surface area (Å²) in [5, 5.41) is 14.1. The first kappa shape index (κ1) is 18.9. The van der Waals surface area contributed by atoms with Crippen LogP contribution in [0.25, 0.3) is 5.69 Å². The molecule has 7 nitrogen and oxygen atoms in total. The van der Waals surface area contributed by atoms with Crippen LogP contribution in [0.3, 0.4) is 0 Å². The summed E-state index contributed by atoms with van der Waals surface area (Å²) < 4.78 is 1.97. The van der Waals surface area contributed by atoms with Gasteiger partial charge in [0.1, 0.15) is 0 Å². The van der Waals surface area contributed by atoms with Gasteiger partial charge in [0.15, 0.2) is 5.96 Å². The minimum atomic E-state index is 0.165. The molecule has 27 heavy (non-hydrogen) atoms. The van der Waals surface area contributed by atoms with Gasteiger partial charge in [0, 0.05) is 38.3 Å². The van der Waals surface area contributed by atoms with Crippen LogP contribution in [0, 0.1) is 19.8 Å². The summed E-state index contributed by atoms with van der Waals surface area (Å²) >= 11 is 0. The molecule has 1 fully saturated rings. The lowest BCUT2D eigenvalue weighted by molar-refractivity contribution is -0.122. The molecule has 0 radical (unpaired) electrons. The zero-order valence-electron chi connectivity index (χ0n) is 16.2. The molecule has 7 heteroatoms. The van der Waals surface area contributed by atoms with Crippen molar-refractivity contribution < 1.29 is 4.79 Å². The van der Waals surface area contributed by atoms with Crippen LogP contribution in [-0.2, 0) is 11.3 Å². The SMILES string of the molecule is CN=C(NCCNC(=O)C1CC1)NCc1ccccc1-n1nc(C)cc1C. The lowest BCUT2D eigenvalue weighted by atomic mass is 10.1. The maximum Gasteiger partial charge on any atom is 0.223 e. The highest BCUT2D eigenvalue weighted by Gasteiger charge is 2.28. The van der Waals surface area contributed by atoms with Crippen LogP contribution in [0.4, 0.5) is 0 Å². The Balaban J connectivity index is 1.54. The maximum atomic E-state index is 11.6. The predicted molar refractivity (Wildman–Crippen MR) is 107 cm³/mol. The molecule has 0 bridgehead atoms. The van der Waals surface area contributed by atoms with Crippen molar-refractivity contribution >= 4 is 11.9 Å². The third kappa shape index (κ3) is 5.09. The zero-order valence-corrected chi connectivity index (χ0v) is 16.2. The van der Waals surface area contributed by atoms with E-state index in [0.29, 0.717) is 25.6 Å². The fourth-order valence-corrected chi connectivity index (χ4v) is 3.00. The van der Waals surface area contributed by atoms with Crippen LogP contribution in [-0.4, -0.2) is 41.8 Å². The van der Waals surface area contributed by atoms with E-state index in [-0.39, 0.29) is 11.8 Å². The van der Waals surface area contributed by atoms with Gasteiger partial charge >= 0.3 is 0 Å².